The first-order valence-electron chi connectivity index (χ1n) is 9.25. The van der Waals surface area contributed by atoms with Crippen LogP contribution < -0.4 is 21.3 Å². The minimum atomic E-state index is -4.77. The normalized spacial score (nSPS) is 15.4. The van der Waals surface area contributed by atoms with Gasteiger partial charge in [0.15, 0.2) is 0 Å². The lowest BCUT2D eigenvalue weighted by Crippen LogP contribution is -2.45. The number of nitrogens with one attached hydrogen (secondary N) is 2. The highest BCUT2D eigenvalue weighted by Gasteiger charge is 2.37. The fourth-order valence-electron chi connectivity index (χ4n) is 2.90. The number of carbonyl (C=O) groups excluding carboxylic acids is 3. The molecule has 2 heterocycles. The lowest BCUT2D eigenvalue weighted by atomic mass is 10.1. The first kappa shape index (κ1) is 24.0. The van der Waals surface area contributed by atoms with Gasteiger partial charge in [-0.25, -0.2) is 0 Å². The standard InChI is InChI=1S/C19H18ClF3N4O4S/c20-15-4-3-14(32-15)18(30)25-8-12(24)17(29)26-10-1-2-13(11(7-10)19(21,22)23)27-5-6-31-9-16(27)28/h1-4,7,12H,5-6,8-9,24H2,(H,25,30)(H,26,29)/t12-/m0/s1. The average Bonchev–Trinajstić information content (AvgIpc) is 3.18. The Bertz CT molecular complexity index is 1030. The molecule has 1 atom stereocenters. The SMILES string of the molecule is N[C@@H](CNC(=O)c1ccc(Cl)s1)C(=O)Nc1ccc(N2CCOCC2=O)c(C(F)(F)F)c1. The maximum atomic E-state index is 13.6. The monoisotopic (exact) mass is 490 g/mol. The third kappa shape index (κ3) is 5.76. The maximum absolute atomic E-state index is 13.6. The van der Waals surface area contributed by atoms with Crippen molar-refractivity contribution >= 4 is 52.0 Å². The van der Waals surface area contributed by atoms with Crippen molar-refractivity contribution in [3.05, 3.63) is 45.1 Å². The number of morpholine rings is 1. The van der Waals surface area contributed by atoms with E-state index in [0.717, 1.165) is 28.4 Å². The topological polar surface area (TPSA) is 114 Å². The molecule has 1 aliphatic heterocycles. The molecule has 3 amide bonds. The van der Waals surface area contributed by atoms with Crippen molar-refractivity contribution in [2.24, 2.45) is 5.73 Å². The van der Waals surface area contributed by atoms with Crippen LogP contribution >= 0.6 is 22.9 Å². The van der Waals surface area contributed by atoms with Crippen molar-refractivity contribution in [3.8, 4) is 0 Å². The molecule has 0 aliphatic carbocycles. The van der Waals surface area contributed by atoms with Crippen LogP contribution in [0, 0.1) is 0 Å². The molecule has 1 aromatic carbocycles. The number of alkyl halides is 3. The van der Waals surface area contributed by atoms with Crippen LogP contribution in [0.25, 0.3) is 0 Å². The van der Waals surface area contributed by atoms with Crippen LogP contribution in [-0.4, -0.2) is 50.1 Å². The van der Waals surface area contributed by atoms with Crippen molar-refractivity contribution in [1.29, 1.82) is 0 Å². The number of amides is 3. The number of halogens is 4. The molecule has 0 radical (unpaired) electrons. The van der Waals surface area contributed by atoms with Crippen molar-refractivity contribution in [2.75, 3.05) is 36.5 Å². The largest absolute Gasteiger partial charge is 0.418 e. The molecule has 3 rings (SSSR count). The second kappa shape index (κ2) is 9.86. The van der Waals surface area contributed by atoms with Gasteiger partial charge in [0.2, 0.25) is 5.91 Å². The van der Waals surface area contributed by atoms with E-state index in [1.54, 1.807) is 6.07 Å². The number of thiophene rings is 1. The lowest BCUT2D eigenvalue weighted by molar-refractivity contribution is -0.137. The summed E-state index contributed by atoms with van der Waals surface area (Å²) in [6.07, 6.45) is -4.77. The fraction of sp³-hybridized carbons (Fsp3) is 0.316. The van der Waals surface area contributed by atoms with E-state index < -0.39 is 35.5 Å². The van der Waals surface area contributed by atoms with Crippen molar-refractivity contribution in [3.63, 3.8) is 0 Å². The van der Waals surface area contributed by atoms with Gasteiger partial charge in [0, 0.05) is 18.8 Å². The summed E-state index contributed by atoms with van der Waals surface area (Å²) in [6, 6.07) is 4.91. The molecule has 1 saturated heterocycles. The van der Waals surface area contributed by atoms with E-state index in [4.69, 9.17) is 22.1 Å². The van der Waals surface area contributed by atoms with E-state index in [9.17, 15) is 27.6 Å². The summed E-state index contributed by atoms with van der Waals surface area (Å²) in [5, 5.41) is 4.76. The highest BCUT2D eigenvalue weighted by atomic mass is 35.5. The van der Waals surface area contributed by atoms with Crippen LogP contribution in [-0.2, 0) is 20.5 Å². The molecule has 172 valence electrons. The molecule has 2 aromatic rings. The number of hydrogen-bond acceptors (Lipinski definition) is 6. The Kier molecular flexibility index (Phi) is 7.39. The molecule has 4 N–H and O–H groups in total. The third-order valence-corrected chi connectivity index (χ3v) is 5.69. The molecule has 13 heteroatoms. The Labute approximate surface area is 189 Å². The van der Waals surface area contributed by atoms with E-state index in [2.05, 4.69) is 10.6 Å². The number of nitrogens with zero attached hydrogens (tertiary/aromatic N) is 1. The Morgan fingerprint density at radius 1 is 1.28 bits per heavy atom. The molecule has 0 bridgehead atoms. The Morgan fingerprint density at radius 3 is 2.66 bits per heavy atom. The first-order valence-corrected chi connectivity index (χ1v) is 10.4. The minimum absolute atomic E-state index is 0.0202. The summed E-state index contributed by atoms with van der Waals surface area (Å²) in [5.41, 5.74) is 4.19. The van der Waals surface area contributed by atoms with E-state index in [1.807, 2.05) is 0 Å². The molecule has 0 spiro atoms. The fourth-order valence-corrected chi connectivity index (χ4v) is 3.86. The quantitative estimate of drug-likeness (QED) is 0.575. The molecular formula is C19H18ClF3N4O4S. The van der Waals surface area contributed by atoms with Crippen molar-refractivity contribution in [2.45, 2.75) is 12.2 Å². The molecular weight excluding hydrogens is 473 g/mol. The maximum Gasteiger partial charge on any atom is 0.418 e. The average molecular weight is 491 g/mol. The second-order valence-corrected chi connectivity index (χ2v) is 8.45. The summed E-state index contributed by atoms with van der Waals surface area (Å²) in [7, 11) is 0. The van der Waals surface area contributed by atoms with E-state index in [0.29, 0.717) is 9.21 Å². The van der Waals surface area contributed by atoms with Gasteiger partial charge < -0.3 is 26.0 Å². The van der Waals surface area contributed by atoms with E-state index in [-0.39, 0.29) is 37.7 Å². The van der Waals surface area contributed by atoms with Crippen LogP contribution in [0.1, 0.15) is 15.2 Å². The van der Waals surface area contributed by atoms with Crippen molar-refractivity contribution in [1.82, 2.24) is 5.32 Å². The number of ether oxygens (including phenoxy) is 1. The van der Waals surface area contributed by atoms with Gasteiger partial charge in [-0.3, -0.25) is 14.4 Å². The highest BCUT2D eigenvalue weighted by Crippen LogP contribution is 2.38. The summed E-state index contributed by atoms with van der Waals surface area (Å²) in [5.74, 6) is -1.87. The predicted octanol–water partition coefficient (Wildman–Crippen LogP) is 2.48. The Hall–Kier alpha value is -2.67. The van der Waals surface area contributed by atoms with Gasteiger partial charge >= 0.3 is 6.18 Å². The molecule has 32 heavy (non-hydrogen) atoms. The van der Waals surface area contributed by atoms with Crippen LogP contribution in [0.5, 0.6) is 0 Å². The summed E-state index contributed by atoms with van der Waals surface area (Å²) < 4.78 is 46.2. The van der Waals surface area contributed by atoms with Gasteiger partial charge in [0.1, 0.15) is 12.6 Å². The van der Waals surface area contributed by atoms with Crippen LogP contribution in [0.15, 0.2) is 30.3 Å². The number of benzene rings is 1. The summed E-state index contributed by atoms with van der Waals surface area (Å²) in [6.45, 7) is -0.464. The van der Waals surface area contributed by atoms with Gasteiger partial charge in [0.25, 0.3) is 11.8 Å². The number of carbonyl (C=O) groups is 3. The zero-order valence-electron chi connectivity index (χ0n) is 16.4. The van der Waals surface area contributed by atoms with Crippen LogP contribution in [0.3, 0.4) is 0 Å². The minimum Gasteiger partial charge on any atom is -0.370 e. The van der Waals surface area contributed by atoms with Gasteiger partial charge in [-0.15, -0.1) is 11.3 Å². The van der Waals surface area contributed by atoms with Gasteiger partial charge in [-0.2, -0.15) is 13.2 Å². The number of hydrogen-bond donors (Lipinski definition) is 3. The van der Waals surface area contributed by atoms with E-state index >= 15 is 0 Å². The number of rotatable bonds is 6. The second-order valence-electron chi connectivity index (χ2n) is 6.74. The van der Waals surface area contributed by atoms with Crippen LogP contribution in [0.2, 0.25) is 4.34 Å². The smallest absolute Gasteiger partial charge is 0.370 e. The Morgan fingerprint density at radius 2 is 2.03 bits per heavy atom. The third-order valence-electron chi connectivity index (χ3n) is 4.46. The molecule has 0 unspecified atom stereocenters. The molecule has 1 aliphatic rings. The zero-order valence-corrected chi connectivity index (χ0v) is 17.9. The molecule has 1 aromatic heterocycles. The molecule has 1 fully saturated rings. The number of nitrogens with two attached hydrogens (primary N) is 1. The first-order chi connectivity index (χ1) is 15.1. The van der Waals surface area contributed by atoms with E-state index in [1.165, 1.54) is 12.1 Å². The number of anilines is 2. The predicted molar refractivity (Wildman–Crippen MR) is 113 cm³/mol. The van der Waals surface area contributed by atoms with Gasteiger partial charge in [-0.05, 0) is 30.3 Å². The lowest BCUT2D eigenvalue weighted by Gasteiger charge is -2.29. The Balaban J connectivity index is 1.68. The van der Waals surface area contributed by atoms with Gasteiger partial charge in [0.05, 0.1) is 27.1 Å². The zero-order chi connectivity index (χ0) is 23.5. The summed E-state index contributed by atoms with van der Waals surface area (Å²) >= 11 is 6.81. The molecule has 8 nitrogen and oxygen atoms in total. The van der Waals surface area contributed by atoms with Crippen LogP contribution in [0.4, 0.5) is 24.5 Å². The summed E-state index contributed by atoms with van der Waals surface area (Å²) in [4.78, 5) is 37.6. The molecule has 0 saturated carbocycles. The van der Waals surface area contributed by atoms with Crippen molar-refractivity contribution < 1.29 is 32.3 Å². The highest BCUT2D eigenvalue weighted by molar-refractivity contribution is 7.18. The van der Waals surface area contributed by atoms with Gasteiger partial charge in [-0.1, -0.05) is 11.6 Å².